The Morgan fingerprint density at radius 1 is 1.55 bits per heavy atom. The maximum Gasteiger partial charge on any atom is 0.00199 e. The molecule has 1 heterocycles. The number of hydrogen-bond donors (Lipinski definition) is 2. The van der Waals surface area contributed by atoms with Crippen molar-refractivity contribution in [2.75, 3.05) is 26.7 Å². The van der Waals surface area contributed by atoms with Crippen LogP contribution in [-0.2, 0) is 0 Å². The molecule has 0 radical (unpaired) electrons. The van der Waals surface area contributed by atoms with Gasteiger partial charge in [0.25, 0.3) is 0 Å². The fourth-order valence-corrected chi connectivity index (χ4v) is 1.98. The van der Waals surface area contributed by atoms with Crippen molar-refractivity contribution in [1.29, 1.82) is 0 Å². The molecule has 1 fully saturated rings. The second kappa shape index (κ2) is 4.07. The van der Waals surface area contributed by atoms with E-state index in [1.165, 1.54) is 32.4 Å². The van der Waals surface area contributed by atoms with Crippen LogP contribution in [0.25, 0.3) is 0 Å². The number of hydrogen-bond acceptors (Lipinski definition) is 2. The van der Waals surface area contributed by atoms with Gasteiger partial charge in [-0.1, -0.05) is 6.92 Å². The molecular weight excluding hydrogens is 136 g/mol. The van der Waals surface area contributed by atoms with E-state index in [1.807, 2.05) is 7.05 Å². The lowest BCUT2D eigenvalue weighted by atomic mass is 9.78. The van der Waals surface area contributed by atoms with Crippen molar-refractivity contribution in [3.63, 3.8) is 0 Å². The summed E-state index contributed by atoms with van der Waals surface area (Å²) >= 11 is 0. The first-order chi connectivity index (χ1) is 5.33. The Morgan fingerprint density at radius 2 is 2.36 bits per heavy atom. The molecule has 0 aliphatic carbocycles. The maximum absolute atomic E-state index is 3.47. The van der Waals surface area contributed by atoms with Gasteiger partial charge < -0.3 is 10.6 Å². The molecule has 1 unspecified atom stereocenters. The monoisotopic (exact) mass is 156 g/mol. The van der Waals surface area contributed by atoms with Gasteiger partial charge in [-0.3, -0.25) is 0 Å². The molecule has 1 rings (SSSR count). The Balaban J connectivity index is 2.42. The first kappa shape index (κ1) is 9.01. The quantitative estimate of drug-likeness (QED) is 0.636. The zero-order valence-corrected chi connectivity index (χ0v) is 7.74. The lowest BCUT2D eigenvalue weighted by molar-refractivity contribution is 0.197. The highest BCUT2D eigenvalue weighted by atomic mass is 14.9. The number of piperidine rings is 1. The smallest absolute Gasteiger partial charge is 0.00199 e. The van der Waals surface area contributed by atoms with Gasteiger partial charge in [0.05, 0.1) is 0 Å². The minimum Gasteiger partial charge on any atom is -0.319 e. The van der Waals surface area contributed by atoms with Gasteiger partial charge in [0, 0.05) is 13.1 Å². The van der Waals surface area contributed by atoms with E-state index in [0.29, 0.717) is 5.41 Å². The largest absolute Gasteiger partial charge is 0.319 e. The Kier molecular flexibility index (Phi) is 3.34. The molecule has 0 spiro atoms. The molecule has 1 aliphatic rings. The Morgan fingerprint density at radius 3 is 2.82 bits per heavy atom. The van der Waals surface area contributed by atoms with E-state index in [0.717, 1.165) is 6.54 Å². The first-order valence-corrected chi connectivity index (χ1v) is 4.68. The van der Waals surface area contributed by atoms with Gasteiger partial charge in [-0.15, -0.1) is 0 Å². The lowest BCUT2D eigenvalue weighted by Crippen LogP contribution is -2.45. The molecule has 0 aromatic heterocycles. The van der Waals surface area contributed by atoms with Crippen LogP contribution in [0.3, 0.4) is 0 Å². The zero-order chi connectivity index (χ0) is 8.16. The molecule has 1 aliphatic heterocycles. The molecule has 0 aromatic rings. The van der Waals surface area contributed by atoms with Crippen molar-refractivity contribution < 1.29 is 0 Å². The van der Waals surface area contributed by atoms with Crippen LogP contribution in [0.2, 0.25) is 0 Å². The molecule has 2 N–H and O–H groups in total. The molecular formula is C9H20N2. The molecule has 0 bridgehead atoms. The normalized spacial score (nSPS) is 32.2. The molecule has 1 saturated heterocycles. The van der Waals surface area contributed by atoms with Gasteiger partial charge >= 0.3 is 0 Å². The molecule has 2 heteroatoms. The van der Waals surface area contributed by atoms with Crippen molar-refractivity contribution in [1.82, 2.24) is 10.6 Å². The molecule has 0 aromatic carbocycles. The fourth-order valence-electron chi connectivity index (χ4n) is 1.98. The average Bonchev–Trinajstić information content (AvgIpc) is 2.07. The Bertz CT molecular complexity index is 101. The third kappa shape index (κ3) is 2.17. The lowest BCUT2D eigenvalue weighted by Gasteiger charge is -2.36. The van der Waals surface area contributed by atoms with Crippen molar-refractivity contribution in [3.8, 4) is 0 Å². The molecule has 0 saturated carbocycles. The van der Waals surface area contributed by atoms with Crippen LogP contribution in [0.1, 0.15) is 26.2 Å². The summed E-state index contributed by atoms with van der Waals surface area (Å²) in [5, 5.41) is 6.76. The van der Waals surface area contributed by atoms with Crippen molar-refractivity contribution in [3.05, 3.63) is 0 Å². The van der Waals surface area contributed by atoms with Gasteiger partial charge in [0.15, 0.2) is 0 Å². The third-order valence-electron chi connectivity index (χ3n) is 2.86. The first-order valence-electron chi connectivity index (χ1n) is 4.68. The van der Waals surface area contributed by atoms with Crippen LogP contribution < -0.4 is 10.6 Å². The van der Waals surface area contributed by atoms with E-state index in [1.54, 1.807) is 0 Å². The summed E-state index contributed by atoms with van der Waals surface area (Å²) in [6, 6.07) is 0. The average molecular weight is 156 g/mol. The van der Waals surface area contributed by atoms with E-state index < -0.39 is 0 Å². The van der Waals surface area contributed by atoms with Gasteiger partial charge in [0.2, 0.25) is 0 Å². The van der Waals surface area contributed by atoms with E-state index in [2.05, 4.69) is 17.6 Å². The molecule has 1 atom stereocenters. The SMILES string of the molecule is CCC1(CNC)CCCNC1. The van der Waals surface area contributed by atoms with Gasteiger partial charge in [0.1, 0.15) is 0 Å². The highest BCUT2D eigenvalue weighted by Gasteiger charge is 2.28. The molecule has 0 amide bonds. The summed E-state index contributed by atoms with van der Waals surface area (Å²) in [7, 11) is 2.05. The minimum absolute atomic E-state index is 0.549. The van der Waals surface area contributed by atoms with E-state index in [-0.39, 0.29) is 0 Å². The summed E-state index contributed by atoms with van der Waals surface area (Å²) < 4.78 is 0. The third-order valence-corrected chi connectivity index (χ3v) is 2.86. The van der Waals surface area contributed by atoms with E-state index in [4.69, 9.17) is 0 Å². The predicted molar refractivity (Wildman–Crippen MR) is 48.8 cm³/mol. The molecule has 2 nitrogen and oxygen atoms in total. The van der Waals surface area contributed by atoms with Crippen molar-refractivity contribution >= 4 is 0 Å². The predicted octanol–water partition coefficient (Wildman–Crippen LogP) is 0.986. The van der Waals surface area contributed by atoms with Crippen LogP contribution in [-0.4, -0.2) is 26.7 Å². The van der Waals surface area contributed by atoms with Crippen LogP contribution in [0.5, 0.6) is 0 Å². The van der Waals surface area contributed by atoms with Gasteiger partial charge in [-0.2, -0.15) is 0 Å². The zero-order valence-electron chi connectivity index (χ0n) is 7.74. The minimum atomic E-state index is 0.549. The standard InChI is InChI=1S/C9H20N2/c1-3-9(7-10-2)5-4-6-11-8-9/h10-11H,3-8H2,1-2H3. The Labute approximate surface area is 69.8 Å². The fraction of sp³-hybridized carbons (Fsp3) is 1.00. The second-order valence-corrected chi connectivity index (χ2v) is 3.66. The highest BCUT2D eigenvalue weighted by molar-refractivity contribution is 4.85. The summed E-state index contributed by atoms with van der Waals surface area (Å²) in [5.41, 5.74) is 0.549. The summed E-state index contributed by atoms with van der Waals surface area (Å²) in [4.78, 5) is 0. The van der Waals surface area contributed by atoms with Crippen LogP contribution in [0.15, 0.2) is 0 Å². The van der Waals surface area contributed by atoms with Crippen LogP contribution in [0, 0.1) is 5.41 Å². The summed E-state index contributed by atoms with van der Waals surface area (Å²) in [6.07, 6.45) is 4.02. The summed E-state index contributed by atoms with van der Waals surface area (Å²) in [5.74, 6) is 0. The van der Waals surface area contributed by atoms with Crippen molar-refractivity contribution in [2.45, 2.75) is 26.2 Å². The molecule has 66 valence electrons. The number of rotatable bonds is 3. The second-order valence-electron chi connectivity index (χ2n) is 3.66. The topological polar surface area (TPSA) is 24.1 Å². The highest BCUT2D eigenvalue weighted by Crippen LogP contribution is 2.28. The summed E-state index contributed by atoms with van der Waals surface area (Å²) in [6.45, 7) is 5.87. The number of nitrogens with one attached hydrogen (secondary N) is 2. The Hall–Kier alpha value is -0.0800. The maximum atomic E-state index is 3.47. The van der Waals surface area contributed by atoms with E-state index >= 15 is 0 Å². The molecule has 11 heavy (non-hydrogen) atoms. The van der Waals surface area contributed by atoms with Crippen LogP contribution in [0.4, 0.5) is 0 Å². The van der Waals surface area contributed by atoms with Crippen molar-refractivity contribution in [2.24, 2.45) is 5.41 Å². The van der Waals surface area contributed by atoms with Gasteiger partial charge in [-0.25, -0.2) is 0 Å². The van der Waals surface area contributed by atoms with E-state index in [9.17, 15) is 0 Å². The van der Waals surface area contributed by atoms with Crippen LogP contribution >= 0.6 is 0 Å². The van der Waals surface area contributed by atoms with Gasteiger partial charge in [-0.05, 0) is 38.3 Å².